The standard InChI is InChI=1S/C42H38BNO2/c1-41(2)42(3,4)46-43(45-41)36-24-26-37(27-25-36)44(38-22-14-21-34(29-38)31-15-8-5-9-16-31)40-28-23-35(32-17-10-6-11-18-32)30-39(40)33-19-12-7-13-20-33/h5-30H,1-4H3. The summed E-state index contributed by atoms with van der Waals surface area (Å²) in [6.45, 7) is 8.36. The Bertz CT molecular complexity index is 1920. The van der Waals surface area contributed by atoms with Crippen molar-refractivity contribution < 1.29 is 9.31 Å². The molecule has 0 saturated carbocycles. The maximum Gasteiger partial charge on any atom is 0.494 e. The van der Waals surface area contributed by atoms with Gasteiger partial charge < -0.3 is 14.2 Å². The zero-order chi connectivity index (χ0) is 31.7. The van der Waals surface area contributed by atoms with E-state index in [0.717, 1.165) is 33.7 Å². The lowest BCUT2D eigenvalue weighted by Crippen LogP contribution is -2.41. The highest BCUT2D eigenvalue weighted by Gasteiger charge is 2.51. The monoisotopic (exact) mass is 599 g/mol. The molecule has 0 aromatic heterocycles. The number of rotatable bonds is 7. The average molecular weight is 600 g/mol. The van der Waals surface area contributed by atoms with E-state index >= 15 is 0 Å². The molecule has 0 amide bonds. The fourth-order valence-electron chi connectivity index (χ4n) is 6.03. The van der Waals surface area contributed by atoms with Gasteiger partial charge in [0.15, 0.2) is 0 Å². The van der Waals surface area contributed by atoms with E-state index in [4.69, 9.17) is 9.31 Å². The number of benzene rings is 6. The highest BCUT2D eigenvalue weighted by molar-refractivity contribution is 6.62. The molecule has 226 valence electrons. The van der Waals surface area contributed by atoms with Gasteiger partial charge in [0.2, 0.25) is 0 Å². The third kappa shape index (κ3) is 5.78. The number of anilines is 3. The molecule has 3 nitrogen and oxygen atoms in total. The van der Waals surface area contributed by atoms with Crippen LogP contribution in [0.2, 0.25) is 0 Å². The Kier molecular flexibility index (Phi) is 7.86. The molecular formula is C42H38BNO2. The van der Waals surface area contributed by atoms with Crippen molar-refractivity contribution in [2.24, 2.45) is 0 Å². The van der Waals surface area contributed by atoms with E-state index in [1.165, 1.54) is 22.3 Å². The minimum absolute atomic E-state index is 0.397. The van der Waals surface area contributed by atoms with Crippen LogP contribution < -0.4 is 10.4 Å². The van der Waals surface area contributed by atoms with Crippen molar-refractivity contribution in [2.45, 2.75) is 38.9 Å². The van der Waals surface area contributed by atoms with Crippen LogP contribution in [0.5, 0.6) is 0 Å². The summed E-state index contributed by atoms with van der Waals surface area (Å²) in [6, 6.07) is 56.0. The molecule has 0 aliphatic carbocycles. The van der Waals surface area contributed by atoms with Gasteiger partial charge in [-0.15, -0.1) is 0 Å². The Morgan fingerprint density at radius 3 is 1.50 bits per heavy atom. The summed E-state index contributed by atoms with van der Waals surface area (Å²) >= 11 is 0. The molecule has 0 unspecified atom stereocenters. The van der Waals surface area contributed by atoms with Crippen molar-refractivity contribution in [1.82, 2.24) is 0 Å². The van der Waals surface area contributed by atoms with E-state index in [0.29, 0.717) is 0 Å². The quantitative estimate of drug-likeness (QED) is 0.171. The molecule has 0 atom stereocenters. The molecule has 6 aromatic carbocycles. The van der Waals surface area contributed by atoms with Crippen LogP contribution in [0.4, 0.5) is 17.1 Å². The molecule has 0 spiro atoms. The van der Waals surface area contributed by atoms with Gasteiger partial charge in [-0.3, -0.25) is 0 Å². The smallest absolute Gasteiger partial charge is 0.399 e. The van der Waals surface area contributed by atoms with E-state index in [1.54, 1.807) is 0 Å². The Balaban J connectivity index is 1.38. The fraction of sp³-hybridized carbons (Fsp3) is 0.143. The minimum Gasteiger partial charge on any atom is -0.399 e. The summed E-state index contributed by atoms with van der Waals surface area (Å²) in [6.07, 6.45) is 0. The lowest BCUT2D eigenvalue weighted by molar-refractivity contribution is 0.00578. The molecular weight excluding hydrogens is 561 g/mol. The molecule has 1 aliphatic heterocycles. The summed E-state index contributed by atoms with van der Waals surface area (Å²) in [4.78, 5) is 2.36. The summed E-state index contributed by atoms with van der Waals surface area (Å²) in [5.41, 5.74) is 10.5. The van der Waals surface area contributed by atoms with Crippen molar-refractivity contribution in [3.05, 3.63) is 158 Å². The molecule has 1 aliphatic rings. The van der Waals surface area contributed by atoms with Crippen LogP contribution in [-0.4, -0.2) is 18.3 Å². The van der Waals surface area contributed by atoms with E-state index in [1.807, 2.05) is 0 Å². The molecule has 1 heterocycles. The van der Waals surface area contributed by atoms with Gasteiger partial charge in [0.1, 0.15) is 0 Å². The number of nitrogens with zero attached hydrogens (tertiary/aromatic N) is 1. The predicted molar refractivity (Wildman–Crippen MR) is 193 cm³/mol. The van der Waals surface area contributed by atoms with Gasteiger partial charge in [-0.2, -0.15) is 0 Å². The topological polar surface area (TPSA) is 21.7 Å². The SMILES string of the molecule is CC1(C)OB(c2ccc(N(c3cccc(-c4ccccc4)c3)c3ccc(-c4ccccc4)cc3-c3ccccc3)cc2)OC1(C)C. The van der Waals surface area contributed by atoms with Crippen LogP contribution >= 0.6 is 0 Å². The second-order valence-corrected chi connectivity index (χ2v) is 12.9. The maximum atomic E-state index is 6.38. The third-order valence-corrected chi connectivity index (χ3v) is 9.32. The van der Waals surface area contributed by atoms with Crippen LogP contribution in [0.25, 0.3) is 33.4 Å². The highest BCUT2D eigenvalue weighted by atomic mass is 16.7. The summed E-state index contributed by atoms with van der Waals surface area (Å²) in [5, 5.41) is 0. The van der Waals surface area contributed by atoms with Gasteiger partial charge >= 0.3 is 7.12 Å². The van der Waals surface area contributed by atoms with E-state index < -0.39 is 18.3 Å². The van der Waals surface area contributed by atoms with Crippen molar-refractivity contribution in [3.8, 4) is 33.4 Å². The molecule has 4 heteroatoms. The lowest BCUT2D eigenvalue weighted by Gasteiger charge is -2.32. The van der Waals surface area contributed by atoms with E-state index in [-0.39, 0.29) is 0 Å². The second kappa shape index (κ2) is 12.1. The molecule has 1 fully saturated rings. The second-order valence-electron chi connectivity index (χ2n) is 12.9. The van der Waals surface area contributed by atoms with Gasteiger partial charge in [-0.25, -0.2) is 0 Å². The van der Waals surface area contributed by atoms with E-state index in [2.05, 4.69) is 190 Å². The third-order valence-electron chi connectivity index (χ3n) is 9.32. The van der Waals surface area contributed by atoms with Gasteiger partial charge in [0, 0.05) is 16.9 Å². The Morgan fingerprint density at radius 1 is 0.435 bits per heavy atom. The predicted octanol–water partition coefficient (Wildman–Crippen LogP) is 10.5. The first-order valence-electron chi connectivity index (χ1n) is 16.0. The lowest BCUT2D eigenvalue weighted by atomic mass is 9.79. The van der Waals surface area contributed by atoms with E-state index in [9.17, 15) is 0 Å². The summed E-state index contributed by atoms with van der Waals surface area (Å²) in [7, 11) is -0.418. The summed E-state index contributed by atoms with van der Waals surface area (Å²) in [5.74, 6) is 0. The van der Waals surface area contributed by atoms with Crippen LogP contribution in [-0.2, 0) is 9.31 Å². The zero-order valence-electron chi connectivity index (χ0n) is 26.9. The van der Waals surface area contributed by atoms with Crippen LogP contribution in [0, 0.1) is 0 Å². The molecule has 6 aromatic rings. The highest BCUT2D eigenvalue weighted by Crippen LogP contribution is 2.43. The van der Waals surface area contributed by atoms with Gasteiger partial charge in [0.05, 0.1) is 16.9 Å². The fourth-order valence-corrected chi connectivity index (χ4v) is 6.03. The van der Waals surface area contributed by atoms with Crippen molar-refractivity contribution in [1.29, 1.82) is 0 Å². The first-order valence-corrected chi connectivity index (χ1v) is 16.0. The zero-order valence-corrected chi connectivity index (χ0v) is 26.9. The van der Waals surface area contributed by atoms with Gasteiger partial charge in [-0.05, 0) is 97.4 Å². The largest absolute Gasteiger partial charge is 0.494 e. The first kappa shape index (κ1) is 29.8. The first-order chi connectivity index (χ1) is 22.3. The van der Waals surface area contributed by atoms with Crippen molar-refractivity contribution in [3.63, 3.8) is 0 Å². The molecule has 0 N–H and O–H groups in total. The molecule has 0 radical (unpaired) electrons. The normalized spacial score (nSPS) is 15.1. The molecule has 7 rings (SSSR count). The number of hydrogen-bond donors (Lipinski definition) is 0. The maximum absolute atomic E-state index is 6.38. The van der Waals surface area contributed by atoms with Crippen molar-refractivity contribution in [2.75, 3.05) is 4.90 Å². The van der Waals surface area contributed by atoms with Crippen LogP contribution in [0.15, 0.2) is 158 Å². The molecule has 46 heavy (non-hydrogen) atoms. The molecule has 0 bridgehead atoms. The average Bonchev–Trinajstić information content (AvgIpc) is 3.32. The Labute approximate surface area is 273 Å². The van der Waals surface area contributed by atoms with Gasteiger partial charge in [0.25, 0.3) is 0 Å². The molecule has 1 saturated heterocycles. The summed E-state index contributed by atoms with van der Waals surface area (Å²) < 4.78 is 12.8. The van der Waals surface area contributed by atoms with Gasteiger partial charge in [-0.1, -0.05) is 121 Å². The number of hydrogen-bond acceptors (Lipinski definition) is 3. The van der Waals surface area contributed by atoms with Crippen LogP contribution in [0.3, 0.4) is 0 Å². The minimum atomic E-state index is -0.418. The Morgan fingerprint density at radius 2 is 0.935 bits per heavy atom. The van der Waals surface area contributed by atoms with Crippen LogP contribution in [0.1, 0.15) is 27.7 Å². The Hall–Kier alpha value is -4.90. The van der Waals surface area contributed by atoms with Crippen molar-refractivity contribution >= 4 is 29.6 Å².